The molecule has 23 heavy (non-hydrogen) atoms. The predicted octanol–water partition coefficient (Wildman–Crippen LogP) is 4.95. The molecular weight excluding hydrogens is 305 g/mol. The van der Waals surface area contributed by atoms with Crippen LogP contribution in [0.15, 0.2) is 67.0 Å². The Balaban J connectivity index is 1.87. The molecule has 0 unspecified atom stereocenters. The first-order chi connectivity index (χ1) is 11.0. The summed E-state index contributed by atoms with van der Waals surface area (Å²) in [5, 5.41) is 0. The topological polar surface area (TPSA) is 35.0 Å². The van der Waals surface area contributed by atoms with Crippen molar-refractivity contribution in [2.45, 2.75) is 6.18 Å². The summed E-state index contributed by atoms with van der Waals surface area (Å²) in [5.74, 6) is 1.04. The molecule has 0 aliphatic rings. The first-order valence-electron chi connectivity index (χ1n) is 6.75. The number of aromatic nitrogens is 2. The molecule has 0 amide bonds. The third-order valence-corrected chi connectivity index (χ3v) is 3.06. The zero-order chi connectivity index (χ0) is 16.3. The highest BCUT2D eigenvalue weighted by Gasteiger charge is 2.30. The lowest BCUT2D eigenvalue weighted by atomic mass is 10.2. The molecule has 3 rings (SSSR count). The zero-order valence-electron chi connectivity index (χ0n) is 11.8. The van der Waals surface area contributed by atoms with Gasteiger partial charge < -0.3 is 4.74 Å². The molecule has 1 aromatic heterocycles. The van der Waals surface area contributed by atoms with Crippen molar-refractivity contribution in [2.75, 3.05) is 0 Å². The van der Waals surface area contributed by atoms with Crippen LogP contribution in [0, 0.1) is 0 Å². The maximum Gasteiger partial charge on any atom is 0.416 e. The molecule has 2 aromatic carbocycles. The van der Waals surface area contributed by atoms with E-state index in [2.05, 4.69) is 9.97 Å². The van der Waals surface area contributed by atoms with Crippen LogP contribution in [-0.4, -0.2) is 9.97 Å². The van der Waals surface area contributed by atoms with Crippen LogP contribution in [0.4, 0.5) is 13.2 Å². The molecule has 6 heteroatoms. The van der Waals surface area contributed by atoms with E-state index in [4.69, 9.17) is 4.74 Å². The lowest BCUT2D eigenvalue weighted by molar-refractivity contribution is -0.137. The standard InChI is InChI=1S/C17H11F3N2O/c18-17(19,20)13-5-2-7-15(11-13)23-14-6-1-4-12(10-14)16-21-8-3-9-22-16/h1-11H. The fourth-order valence-corrected chi connectivity index (χ4v) is 2.02. The molecule has 1 heterocycles. The van der Waals surface area contributed by atoms with Crippen molar-refractivity contribution in [3.05, 3.63) is 72.6 Å². The Hall–Kier alpha value is -2.89. The normalized spacial score (nSPS) is 11.3. The van der Waals surface area contributed by atoms with Crippen molar-refractivity contribution in [1.29, 1.82) is 0 Å². The molecule has 0 fully saturated rings. The first-order valence-corrected chi connectivity index (χ1v) is 6.75. The van der Waals surface area contributed by atoms with E-state index in [-0.39, 0.29) is 5.75 Å². The van der Waals surface area contributed by atoms with Gasteiger partial charge in [0.1, 0.15) is 11.5 Å². The Bertz CT molecular complexity index is 804. The summed E-state index contributed by atoms with van der Waals surface area (Å²) in [6.07, 6.45) is -1.18. The average Bonchev–Trinajstić information content (AvgIpc) is 2.55. The third kappa shape index (κ3) is 3.66. The summed E-state index contributed by atoms with van der Waals surface area (Å²) < 4.78 is 43.7. The number of hydrogen-bond donors (Lipinski definition) is 0. The number of rotatable bonds is 3. The van der Waals surface area contributed by atoms with Crippen LogP contribution < -0.4 is 4.74 Å². The maximum absolute atomic E-state index is 12.7. The van der Waals surface area contributed by atoms with Gasteiger partial charge in [0.2, 0.25) is 0 Å². The van der Waals surface area contributed by atoms with Gasteiger partial charge in [0.25, 0.3) is 0 Å². The molecule has 0 saturated heterocycles. The molecule has 0 radical (unpaired) electrons. The summed E-state index contributed by atoms with van der Waals surface area (Å²) in [4.78, 5) is 8.26. The largest absolute Gasteiger partial charge is 0.457 e. The number of ether oxygens (including phenoxy) is 1. The summed E-state index contributed by atoms with van der Waals surface area (Å²) in [7, 11) is 0. The summed E-state index contributed by atoms with van der Waals surface area (Å²) in [6.45, 7) is 0. The molecule has 0 atom stereocenters. The minimum atomic E-state index is -4.40. The predicted molar refractivity (Wildman–Crippen MR) is 79.0 cm³/mol. The van der Waals surface area contributed by atoms with Crippen LogP contribution in [0.25, 0.3) is 11.4 Å². The Morgan fingerprint density at radius 2 is 1.43 bits per heavy atom. The molecule has 0 spiro atoms. The quantitative estimate of drug-likeness (QED) is 0.685. The molecule has 116 valence electrons. The number of alkyl halides is 3. The number of halogens is 3. The van der Waals surface area contributed by atoms with E-state index in [1.54, 1.807) is 42.7 Å². The van der Waals surface area contributed by atoms with E-state index < -0.39 is 11.7 Å². The van der Waals surface area contributed by atoms with Crippen LogP contribution in [0.2, 0.25) is 0 Å². The number of hydrogen-bond acceptors (Lipinski definition) is 3. The lowest BCUT2D eigenvalue weighted by Crippen LogP contribution is -2.04. The molecule has 0 aliphatic heterocycles. The Morgan fingerprint density at radius 3 is 2.13 bits per heavy atom. The van der Waals surface area contributed by atoms with Crippen molar-refractivity contribution in [3.63, 3.8) is 0 Å². The van der Waals surface area contributed by atoms with E-state index in [1.807, 2.05) is 0 Å². The van der Waals surface area contributed by atoms with Gasteiger partial charge >= 0.3 is 6.18 Å². The minimum Gasteiger partial charge on any atom is -0.457 e. The zero-order valence-corrected chi connectivity index (χ0v) is 11.8. The molecule has 0 N–H and O–H groups in total. The minimum absolute atomic E-state index is 0.117. The molecule has 3 nitrogen and oxygen atoms in total. The first kappa shape index (κ1) is 15.0. The van der Waals surface area contributed by atoms with Crippen molar-refractivity contribution < 1.29 is 17.9 Å². The van der Waals surface area contributed by atoms with E-state index in [0.717, 1.165) is 17.7 Å². The van der Waals surface area contributed by atoms with Gasteiger partial charge in [-0.25, -0.2) is 9.97 Å². The molecule has 0 bridgehead atoms. The second kappa shape index (κ2) is 6.08. The summed E-state index contributed by atoms with van der Waals surface area (Å²) >= 11 is 0. The van der Waals surface area contributed by atoms with Crippen molar-refractivity contribution in [3.8, 4) is 22.9 Å². The highest BCUT2D eigenvalue weighted by molar-refractivity contribution is 5.57. The smallest absolute Gasteiger partial charge is 0.416 e. The lowest BCUT2D eigenvalue weighted by Gasteiger charge is -2.10. The van der Waals surface area contributed by atoms with E-state index >= 15 is 0 Å². The van der Waals surface area contributed by atoms with Gasteiger partial charge in [0.05, 0.1) is 5.56 Å². The molecule has 0 aliphatic carbocycles. The van der Waals surface area contributed by atoms with Crippen molar-refractivity contribution in [2.24, 2.45) is 0 Å². The molecular formula is C17H11F3N2O. The fourth-order valence-electron chi connectivity index (χ4n) is 2.02. The maximum atomic E-state index is 12.7. The van der Waals surface area contributed by atoms with Gasteiger partial charge in [0.15, 0.2) is 5.82 Å². The number of benzene rings is 2. The van der Waals surface area contributed by atoms with Crippen LogP contribution in [-0.2, 0) is 6.18 Å². The summed E-state index contributed by atoms with van der Waals surface area (Å²) in [5.41, 5.74) is -0.0346. The molecule has 0 saturated carbocycles. The highest BCUT2D eigenvalue weighted by Crippen LogP contribution is 2.33. The SMILES string of the molecule is FC(F)(F)c1cccc(Oc2cccc(-c3ncccn3)c2)c1. The summed E-state index contributed by atoms with van der Waals surface area (Å²) in [6, 6.07) is 13.3. The number of nitrogens with zero attached hydrogens (tertiary/aromatic N) is 2. The van der Waals surface area contributed by atoms with Crippen LogP contribution in [0.3, 0.4) is 0 Å². The van der Waals surface area contributed by atoms with Crippen molar-refractivity contribution in [1.82, 2.24) is 9.97 Å². The third-order valence-electron chi connectivity index (χ3n) is 3.06. The Labute approximate surface area is 130 Å². The van der Waals surface area contributed by atoms with Gasteiger partial charge in [-0.3, -0.25) is 0 Å². The highest BCUT2D eigenvalue weighted by atomic mass is 19.4. The fraction of sp³-hybridized carbons (Fsp3) is 0.0588. The Morgan fingerprint density at radius 1 is 0.783 bits per heavy atom. The van der Waals surface area contributed by atoms with Gasteiger partial charge in [-0.15, -0.1) is 0 Å². The van der Waals surface area contributed by atoms with Crippen molar-refractivity contribution >= 4 is 0 Å². The van der Waals surface area contributed by atoms with E-state index in [9.17, 15) is 13.2 Å². The molecule has 3 aromatic rings. The van der Waals surface area contributed by atoms with Gasteiger partial charge in [-0.05, 0) is 36.4 Å². The monoisotopic (exact) mass is 316 g/mol. The van der Waals surface area contributed by atoms with Crippen LogP contribution >= 0.6 is 0 Å². The van der Waals surface area contributed by atoms with Gasteiger partial charge in [-0.2, -0.15) is 13.2 Å². The van der Waals surface area contributed by atoms with E-state index in [0.29, 0.717) is 11.6 Å². The van der Waals surface area contributed by atoms with Gasteiger partial charge in [0, 0.05) is 18.0 Å². The van der Waals surface area contributed by atoms with Gasteiger partial charge in [-0.1, -0.05) is 18.2 Å². The van der Waals surface area contributed by atoms with E-state index in [1.165, 1.54) is 12.1 Å². The van der Waals surface area contributed by atoms with Crippen LogP contribution in [0.1, 0.15) is 5.56 Å². The Kier molecular flexibility index (Phi) is 3.97. The second-order valence-electron chi connectivity index (χ2n) is 4.73. The average molecular weight is 316 g/mol. The second-order valence-corrected chi connectivity index (χ2v) is 4.73. The van der Waals surface area contributed by atoms with Crippen LogP contribution in [0.5, 0.6) is 11.5 Å².